The summed E-state index contributed by atoms with van der Waals surface area (Å²) >= 11 is 0. The van der Waals surface area contributed by atoms with E-state index in [4.69, 9.17) is 10.5 Å². The quantitative estimate of drug-likeness (QED) is 0.849. The van der Waals surface area contributed by atoms with E-state index < -0.39 is 0 Å². The van der Waals surface area contributed by atoms with Gasteiger partial charge in [-0.3, -0.25) is 0 Å². The summed E-state index contributed by atoms with van der Waals surface area (Å²) < 4.78 is 5.22. The Morgan fingerprint density at radius 1 is 1.39 bits per heavy atom. The summed E-state index contributed by atoms with van der Waals surface area (Å²) in [6.45, 7) is 2.78. The van der Waals surface area contributed by atoms with Crippen molar-refractivity contribution >= 4 is 16.6 Å². The zero-order valence-electron chi connectivity index (χ0n) is 10.8. The molecule has 0 aliphatic rings. The van der Waals surface area contributed by atoms with E-state index in [9.17, 15) is 0 Å². The van der Waals surface area contributed by atoms with Crippen molar-refractivity contribution in [3.05, 3.63) is 30.5 Å². The van der Waals surface area contributed by atoms with Gasteiger partial charge in [0, 0.05) is 17.6 Å². The molecule has 4 heteroatoms. The summed E-state index contributed by atoms with van der Waals surface area (Å²) in [5.74, 6) is 1.76. The monoisotopic (exact) mass is 245 g/mol. The van der Waals surface area contributed by atoms with Gasteiger partial charge < -0.3 is 15.8 Å². The molecule has 2 aromatic rings. The van der Waals surface area contributed by atoms with Gasteiger partial charge in [-0.05, 0) is 49.5 Å². The van der Waals surface area contributed by atoms with Crippen molar-refractivity contribution in [2.75, 3.05) is 19.0 Å². The average Bonchev–Trinajstić information content (AvgIpc) is 2.38. The second-order valence-electron chi connectivity index (χ2n) is 4.37. The molecule has 0 amide bonds. The molecule has 3 N–H and O–H groups in total. The van der Waals surface area contributed by atoms with Crippen LogP contribution >= 0.6 is 0 Å². The fourth-order valence-electron chi connectivity index (χ4n) is 1.95. The van der Waals surface area contributed by atoms with Crippen molar-refractivity contribution in [3.63, 3.8) is 0 Å². The minimum absolute atomic E-state index is 0.315. The number of nitrogens with one attached hydrogen (secondary N) is 1. The van der Waals surface area contributed by atoms with Crippen LogP contribution in [0.2, 0.25) is 0 Å². The van der Waals surface area contributed by atoms with Crippen LogP contribution in [0.15, 0.2) is 30.5 Å². The molecule has 1 aromatic heterocycles. The number of benzene rings is 1. The highest BCUT2D eigenvalue weighted by Gasteiger charge is 2.06. The Morgan fingerprint density at radius 2 is 2.22 bits per heavy atom. The number of rotatable bonds is 5. The largest absolute Gasteiger partial charge is 0.497 e. The second-order valence-corrected chi connectivity index (χ2v) is 4.37. The molecular formula is C14H19N3O. The molecule has 0 saturated heterocycles. The average molecular weight is 245 g/mol. The summed E-state index contributed by atoms with van der Waals surface area (Å²) in [5, 5.41) is 5.61. The minimum Gasteiger partial charge on any atom is -0.497 e. The Morgan fingerprint density at radius 3 is 2.94 bits per heavy atom. The summed E-state index contributed by atoms with van der Waals surface area (Å²) in [6.07, 6.45) is 2.73. The van der Waals surface area contributed by atoms with E-state index in [0.29, 0.717) is 12.6 Å². The molecule has 1 heterocycles. The van der Waals surface area contributed by atoms with Gasteiger partial charge in [-0.25, -0.2) is 4.98 Å². The minimum atomic E-state index is 0.315. The molecule has 1 aromatic carbocycles. The van der Waals surface area contributed by atoms with Crippen LogP contribution in [-0.4, -0.2) is 24.7 Å². The number of fused-ring (bicyclic) bond motifs is 1. The van der Waals surface area contributed by atoms with Gasteiger partial charge in [-0.15, -0.1) is 0 Å². The van der Waals surface area contributed by atoms with E-state index in [1.165, 1.54) is 0 Å². The standard InChI is InChI=1S/C14H19N3O/c1-10(5-7-15)17-14-13-4-3-12(18-2)9-11(13)6-8-16-14/h3-4,6,8-10H,5,7,15H2,1-2H3,(H,16,17). The Bertz CT molecular complexity index is 527. The van der Waals surface area contributed by atoms with Gasteiger partial charge in [-0.1, -0.05) is 0 Å². The number of ether oxygens (including phenoxy) is 1. The van der Waals surface area contributed by atoms with Gasteiger partial charge >= 0.3 is 0 Å². The topological polar surface area (TPSA) is 60.2 Å². The molecule has 96 valence electrons. The predicted molar refractivity (Wildman–Crippen MR) is 75.1 cm³/mol. The van der Waals surface area contributed by atoms with Crippen LogP contribution < -0.4 is 15.8 Å². The first-order valence-electron chi connectivity index (χ1n) is 6.14. The highest BCUT2D eigenvalue weighted by Crippen LogP contribution is 2.25. The van der Waals surface area contributed by atoms with Gasteiger partial charge in [-0.2, -0.15) is 0 Å². The lowest BCUT2D eigenvalue weighted by Gasteiger charge is -2.15. The number of anilines is 1. The van der Waals surface area contributed by atoms with Crippen LogP contribution in [-0.2, 0) is 0 Å². The Hall–Kier alpha value is -1.81. The molecule has 4 nitrogen and oxygen atoms in total. The first-order chi connectivity index (χ1) is 8.74. The van der Waals surface area contributed by atoms with Crippen LogP contribution in [0, 0.1) is 0 Å². The Kier molecular flexibility index (Phi) is 3.99. The molecular weight excluding hydrogens is 226 g/mol. The molecule has 0 saturated carbocycles. The van der Waals surface area contributed by atoms with Crippen LogP contribution in [0.5, 0.6) is 5.75 Å². The third-order valence-electron chi connectivity index (χ3n) is 2.95. The molecule has 1 unspecified atom stereocenters. The van der Waals surface area contributed by atoms with Crippen molar-refractivity contribution in [2.24, 2.45) is 5.73 Å². The fraction of sp³-hybridized carbons (Fsp3) is 0.357. The van der Waals surface area contributed by atoms with Crippen LogP contribution in [0.25, 0.3) is 10.8 Å². The van der Waals surface area contributed by atoms with Crippen molar-refractivity contribution in [2.45, 2.75) is 19.4 Å². The van der Waals surface area contributed by atoms with Gasteiger partial charge in [0.15, 0.2) is 0 Å². The first kappa shape index (κ1) is 12.6. The highest BCUT2D eigenvalue weighted by atomic mass is 16.5. The molecule has 0 radical (unpaired) electrons. The molecule has 0 spiro atoms. The van der Waals surface area contributed by atoms with Crippen molar-refractivity contribution in [1.82, 2.24) is 4.98 Å². The normalized spacial score (nSPS) is 12.4. The Balaban J connectivity index is 2.33. The van der Waals surface area contributed by atoms with Crippen molar-refractivity contribution in [1.29, 1.82) is 0 Å². The fourth-order valence-corrected chi connectivity index (χ4v) is 1.95. The van der Waals surface area contributed by atoms with Gasteiger partial charge in [0.25, 0.3) is 0 Å². The van der Waals surface area contributed by atoms with E-state index in [1.807, 2.05) is 24.3 Å². The van der Waals surface area contributed by atoms with Crippen molar-refractivity contribution < 1.29 is 4.74 Å². The molecule has 0 aliphatic heterocycles. The predicted octanol–water partition coefficient (Wildman–Crippen LogP) is 2.39. The lowest BCUT2D eigenvalue weighted by atomic mass is 10.1. The highest BCUT2D eigenvalue weighted by molar-refractivity contribution is 5.92. The molecule has 1 atom stereocenters. The zero-order chi connectivity index (χ0) is 13.0. The number of methoxy groups -OCH3 is 1. The van der Waals surface area contributed by atoms with Gasteiger partial charge in [0.2, 0.25) is 0 Å². The summed E-state index contributed by atoms with van der Waals surface area (Å²) in [5.41, 5.74) is 5.56. The number of aromatic nitrogens is 1. The van der Waals surface area contributed by atoms with E-state index in [1.54, 1.807) is 13.3 Å². The number of hydrogen-bond donors (Lipinski definition) is 2. The summed E-state index contributed by atoms with van der Waals surface area (Å²) in [6, 6.07) is 8.28. The van der Waals surface area contributed by atoms with E-state index >= 15 is 0 Å². The number of nitrogens with zero attached hydrogens (tertiary/aromatic N) is 1. The van der Waals surface area contributed by atoms with E-state index in [0.717, 1.165) is 28.8 Å². The molecule has 0 aliphatic carbocycles. The molecule has 2 rings (SSSR count). The summed E-state index contributed by atoms with van der Waals surface area (Å²) in [4.78, 5) is 4.39. The van der Waals surface area contributed by atoms with Crippen LogP contribution in [0.1, 0.15) is 13.3 Å². The zero-order valence-corrected chi connectivity index (χ0v) is 10.8. The van der Waals surface area contributed by atoms with E-state index in [-0.39, 0.29) is 0 Å². The first-order valence-corrected chi connectivity index (χ1v) is 6.14. The lowest BCUT2D eigenvalue weighted by Crippen LogP contribution is -2.20. The maximum absolute atomic E-state index is 5.56. The Labute approximate surface area is 107 Å². The second kappa shape index (κ2) is 5.69. The maximum Gasteiger partial charge on any atom is 0.134 e. The van der Waals surface area contributed by atoms with Crippen LogP contribution in [0.4, 0.5) is 5.82 Å². The van der Waals surface area contributed by atoms with Crippen molar-refractivity contribution in [3.8, 4) is 5.75 Å². The lowest BCUT2D eigenvalue weighted by molar-refractivity contribution is 0.415. The summed E-state index contributed by atoms with van der Waals surface area (Å²) in [7, 11) is 1.67. The smallest absolute Gasteiger partial charge is 0.134 e. The third kappa shape index (κ3) is 2.71. The van der Waals surface area contributed by atoms with Crippen LogP contribution in [0.3, 0.4) is 0 Å². The van der Waals surface area contributed by atoms with Gasteiger partial charge in [0.1, 0.15) is 11.6 Å². The number of hydrogen-bond acceptors (Lipinski definition) is 4. The SMILES string of the molecule is COc1ccc2c(NC(C)CCN)nccc2c1. The van der Waals surface area contributed by atoms with E-state index in [2.05, 4.69) is 17.2 Å². The third-order valence-corrected chi connectivity index (χ3v) is 2.95. The van der Waals surface area contributed by atoms with Gasteiger partial charge in [0.05, 0.1) is 7.11 Å². The maximum atomic E-state index is 5.56. The number of pyridine rings is 1. The molecule has 0 bridgehead atoms. The number of nitrogens with two attached hydrogens (primary N) is 1. The molecule has 18 heavy (non-hydrogen) atoms. The molecule has 0 fully saturated rings.